The standard InChI is InChI=1S/C13H17FN2O3/c1-13(2,15)7-11(17)16-10-5-4-8(14)6-9(10)12(18)19-3/h4-6H,7,15H2,1-3H3,(H,16,17). The van der Waals surface area contributed by atoms with Gasteiger partial charge in [0.2, 0.25) is 5.91 Å². The zero-order valence-corrected chi connectivity index (χ0v) is 11.1. The van der Waals surface area contributed by atoms with Gasteiger partial charge in [0, 0.05) is 12.0 Å². The van der Waals surface area contributed by atoms with Crippen molar-refractivity contribution in [3.05, 3.63) is 29.6 Å². The number of ether oxygens (including phenoxy) is 1. The highest BCUT2D eigenvalue weighted by atomic mass is 19.1. The summed E-state index contributed by atoms with van der Waals surface area (Å²) < 4.78 is 17.6. The van der Waals surface area contributed by atoms with Crippen molar-refractivity contribution in [1.82, 2.24) is 0 Å². The second-order valence-electron chi connectivity index (χ2n) is 4.90. The van der Waals surface area contributed by atoms with Gasteiger partial charge in [-0.05, 0) is 32.0 Å². The number of hydrogen-bond donors (Lipinski definition) is 2. The minimum Gasteiger partial charge on any atom is -0.465 e. The Labute approximate surface area is 110 Å². The molecular weight excluding hydrogens is 251 g/mol. The molecule has 104 valence electrons. The second-order valence-corrected chi connectivity index (χ2v) is 4.90. The molecule has 0 radical (unpaired) electrons. The largest absolute Gasteiger partial charge is 0.465 e. The van der Waals surface area contributed by atoms with Crippen LogP contribution in [0.5, 0.6) is 0 Å². The van der Waals surface area contributed by atoms with Crippen LogP contribution < -0.4 is 11.1 Å². The van der Waals surface area contributed by atoms with E-state index in [0.717, 1.165) is 12.1 Å². The molecule has 0 bridgehead atoms. The summed E-state index contributed by atoms with van der Waals surface area (Å²) in [5, 5.41) is 2.52. The number of amides is 1. The number of benzene rings is 1. The third-order valence-electron chi connectivity index (χ3n) is 2.28. The third-order valence-corrected chi connectivity index (χ3v) is 2.28. The van der Waals surface area contributed by atoms with Gasteiger partial charge in [-0.25, -0.2) is 9.18 Å². The molecule has 3 N–H and O–H groups in total. The van der Waals surface area contributed by atoms with Crippen LogP contribution in [-0.2, 0) is 9.53 Å². The van der Waals surface area contributed by atoms with Crippen LogP contribution in [0.15, 0.2) is 18.2 Å². The van der Waals surface area contributed by atoms with E-state index in [1.54, 1.807) is 13.8 Å². The van der Waals surface area contributed by atoms with Crippen molar-refractivity contribution < 1.29 is 18.7 Å². The molecule has 1 aromatic carbocycles. The molecule has 1 amide bonds. The molecule has 0 aromatic heterocycles. The van der Waals surface area contributed by atoms with E-state index in [1.165, 1.54) is 13.2 Å². The van der Waals surface area contributed by atoms with Crippen molar-refractivity contribution >= 4 is 17.6 Å². The molecule has 0 atom stereocenters. The molecule has 0 fully saturated rings. The zero-order chi connectivity index (χ0) is 14.6. The Morgan fingerprint density at radius 2 is 2.05 bits per heavy atom. The number of hydrogen-bond acceptors (Lipinski definition) is 4. The van der Waals surface area contributed by atoms with E-state index in [1.807, 2.05) is 0 Å². The number of nitrogens with two attached hydrogens (primary N) is 1. The minimum absolute atomic E-state index is 0.0364. The van der Waals surface area contributed by atoms with E-state index in [0.29, 0.717) is 0 Å². The lowest BCUT2D eigenvalue weighted by Gasteiger charge is -2.18. The number of rotatable bonds is 4. The average molecular weight is 268 g/mol. The Morgan fingerprint density at radius 1 is 1.42 bits per heavy atom. The van der Waals surface area contributed by atoms with Crippen LogP contribution in [0, 0.1) is 5.82 Å². The van der Waals surface area contributed by atoms with Gasteiger partial charge in [-0.2, -0.15) is 0 Å². The van der Waals surface area contributed by atoms with Crippen molar-refractivity contribution in [2.75, 3.05) is 12.4 Å². The first kappa shape index (κ1) is 15.1. The molecule has 0 aliphatic heterocycles. The van der Waals surface area contributed by atoms with E-state index < -0.39 is 17.3 Å². The molecule has 5 nitrogen and oxygen atoms in total. The highest BCUT2D eigenvalue weighted by Gasteiger charge is 2.19. The molecule has 6 heteroatoms. The molecule has 0 unspecified atom stereocenters. The molecular formula is C13H17FN2O3. The fourth-order valence-corrected chi connectivity index (χ4v) is 1.51. The fourth-order valence-electron chi connectivity index (χ4n) is 1.51. The zero-order valence-electron chi connectivity index (χ0n) is 11.1. The SMILES string of the molecule is COC(=O)c1cc(F)ccc1NC(=O)CC(C)(C)N. The van der Waals surface area contributed by atoms with Gasteiger partial charge >= 0.3 is 5.97 Å². The number of carbonyl (C=O) groups is 2. The quantitative estimate of drug-likeness (QED) is 0.814. The van der Waals surface area contributed by atoms with Gasteiger partial charge in [0.15, 0.2) is 0 Å². The molecule has 0 aliphatic rings. The van der Waals surface area contributed by atoms with Crippen LogP contribution in [0.25, 0.3) is 0 Å². The number of carbonyl (C=O) groups excluding carboxylic acids is 2. The molecule has 0 aliphatic carbocycles. The first-order valence-electron chi connectivity index (χ1n) is 5.69. The summed E-state index contributed by atoms with van der Waals surface area (Å²) in [5.74, 6) is -1.66. The van der Waals surface area contributed by atoms with Crippen molar-refractivity contribution in [3.63, 3.8) is 0 Å². The van der Waals surface area contributed by atoms with E-state index in [4.69, 9.17) is 5.73 Å². The highest BCUT2D eigenvalue weighted by Crippen LogP contribution is 2.19. The summed E-state index contributed by atoms with van der Waals surface area (Å²) in [6, 6.07) is 3.47. The maximum absolute atomic E-state index is 13.1. The van der Waals surface area contributed by atoms with Gasteiger partial charge in [-0.15, -0.1) is 0 Å². The van der Waals surface area contributed by atoms with E-state index in [-0.39, 0.29) is 23.6 Å². The molecule has 1 rings (SSSR count). The maximum Gasteiger partial charge on any atom is 0.340 e. The normalized spacial score (nSPS) is 11.0. The fraction of sp³-hybridized carbons (Fsp3) is 0.385. The Morgan fingerprint density at radius 3 is 2.58 bits per heavy atom. The minimum atomic E-state index is -0.721. The van der Waals surface area contributed by atoms with Crippen LogP contribution in [0.1, 0.15) is 30.6 Å². The van der Waals surface area contributed by atoms with Crippen LogP contribution in [0.3, 0.4) is 0 Å². The van der Waals surface area contributed by atoms with Gasteiger partial charge in [0.1, 0.15) is 5.82 Å². The topological polar surface area (TPSA) is 81.4 Å². The molecule has 0 saturated carbocycles. The van der Waals surface area contributed by atoms with Gasteiger partial charge in [-0.1, -0.05) is 0 Å². The van der Waals surface area contributed by atoms with Crippen molar-refractivity contribution in [3.8, 4) is 0 Å². The van der Waals surface area contributed by atoms with Gasteiger partial charge in [0.05, 0.1) is 18.4 Å². The summed E-state index contributed by atoms with van der Waals surface area (Å²) in [6.45, 7) is 3.41. The average Bonchev–Trinajstić information content (AvgIpc) is 2.28. The molecule has 19 heavy (non-hydrogen) atoms. The number of anilines is 1. The Hall–Kier alpha value is -1.95. The predicted octanol–water partition coefficient (Wildman–Crippen LogP) is 1.68. The lowest BCUT2D eigenvalue weighted by molar-refractivity contribution is -0.117. The van der Waals surface area contributed by atoms with E-state index in [2.05, 4.69) is 10.1 Å². The lowest BCUT2D eigenvalue weighted by atomic mass is 10.0. The van der Waals surface area contributed by atoms with Crippen molar-refractivity contribution in [1.29, 1.82) is 0 Å². The first-order valence-corrected chi connectivity index (χ1v) is 5.69. The van der Waals surface area contributed by atoms with Crippen LogP contribution in [0.4, 0.5) is 10.1 Å². The summed E-state index contributed by atoms with van der Waals surface area (Å²) >= 11 is 0. The number of esters is 1. The molecule has 1 aromatic rings. The van der Waals surface area contributed by atoms with Gasteiger partial charge < -0.3 is 15.8 Å². The van der Waals surface area contributed by atoms with Crippen molar-refractivity contribution in [2.24, 2.45) is 5.73 Å². The van der Waals surface area contributed by atoms with Crippen LogP contribution >= 0.6 is 0 Å². The Balaban J connectivity index is 2.95. The lowest BCUT2D eigenvalue weighted by Crippen LogP contribution is -2.36. The summed E-state index contributed by atoms with van der Waals surface area (Å²) in [6.07, 6.45) is 0.0744. The van der Waals surface area contributed by atoms with Crippen molar-refractivity contribution in [2.45, 2.75) is 25.8 Å². The molecule has 0 spiro atoms. The Kier molecular flexibility index (Phi) is 4.61. The predicted molar refractivity (Wildman–Crippen MR) is 69.3 cm³/mol. The first-order chi connectivity index (χ1) is 8.73. The smallest absolute Gasteiger partial charge is 0.340 e. The number of methoxy groups -OCH3 is 1. The van der Waals surface area contributed by atoms with Crippen LogP contribution in [-0.4, -0.2) is 24.5 Å². The summed E-state index contributed by atoms with van der Waals surface area (Å²) in [7, 11) is 1.18. The van der Waals surface area contributed by atoms with Gasteiger partial charge in [0.25, 0.3) is 0 Å². The van der Waals surface area contributed by atoms with Gasteiger partial charge in [-0.3, -0.25) is 4.79 Å². The summed E-state index contributed by atoms with van der Waals surface area (Å²) in [4.78, 5) is 23.2. The maximum atomic E-state index is 13.1. The second kappa shape index (κ2) is 5.79. The van der Waals surface area contributed by atoms with E-state index in [9.17, 15) is 14.0 Å². The highest BCUT2D eigenvalue weighted by molar-refractivity contribution is 6.01. The summed E-state index contributed by atoms with van der Waals surface area (Å²) in [5.41, 5.74) is 5.21. The molecule has 0 saturated heterocycles. The number of nitrogens with one attached hydrogen (secondary N) is 1. The third kappa shape index (κ3) is 4.67. The number of halogens is 1. The van der Waals surface area contributed by atoms with Crippen LogP contribution in [0.2, 0.25) is 0 Å². The molecule has 0 heterocycles. The van der Waals surface area contributed by atoms with E-state index >= 15 is 0 Å². The monoisotopic (exact) mass is 268 g/mol. The Bertz CT molecular complexity index is 495.